The van der Waals surface area contributed by atoms with Gasteiger partial charge in [-0.15, -0.1) is 0 Å². The molecule has 0 atom stereocenters. The maximum Gasteiger partial charge on any atom is 0.265 e. The molecule has 0 aliphatic rings. The number of phenolic OH excluding ortho intramolecular Hbond substituents is 1. The van der Waals surface area contributed by atoms with E-state index in [0.29, 0.717) is 0 Å². The predicted molar refractivity (Wildman–Crippen MR) is 50.6 cm³/mol. The lowest BCUT2D eigenvalue weighted by atomic mass is 10.1. The topological polar surface area (TPSA) is 54.4 Å². The second-order valence-electron chi connectivity index (χ2n) is 2.92. The summed E-state index contributed by atoms with van der Waals surface area (Å²) in [4.78, 5) is -0.559. The minimum atomic E-state index is -4.13. The van der Waals surface area contributed by atoms with Gasteiger partial charge in [0.1, 0.15) is 16.5 Å². The Morgan fingerprint density at radius 1 is 1.43 bits per heavy atom. The molecule has 0 spiro atoms. The van der Waals surface area contributed by atoms with Crippen molar-refractivity contribution in [1.82, 2.24) is 0 Å². The molecule has 78 valence electrons. The maximum atomic E-state index is 13.1. The van der Waals surface area contributed by atoms with E-state index in [1.807, 2.05) is 0 Å². The Morgan fingerprint density at radius 3 is 2.36 bits per heavy atom. The first-order valence-electron chi connectivity index (χ1n) is 3.68. The lowest BCUT2D eigenvalue weighted by Crippen LogP contribution is -1.99. The molecule has 0 aliphatic carbocycles. The molecule has 3 nitrogen and oxygen atoms in total. The minimum Gasteiger partial charge on any atom is -0.506 e. The summed E-state index contributed by atoms with van der Waals surface area (Å²) in [5.41, 5.74) is -0.0459. The van der Waals surface area contributed by atoms with Crippen molar-refractivity contribution >= 4 is 19.7 Å². The van der Waals surface area contributed by atoms with E-state index in [2.05, 4.69) is 0 Å². The summed E-state index contributed by atoms with van der Waals surface area (Å²) >= 11 is 0. The van der Waals surface area contributed by atoms with Crippen LogP contribution in [0.3, 0.4) is 0 Å². The first-order valence-corrected chi connectivity index (χ1v) is 5.99. The smallest absolute Gasteiger partial charge is 0.265 e. The Morgan fingerprint density at radius 2 is 1.93 bits per heavy atom. The third kappa shape index (κ3) is 1.83. The summed E-state index contributed by atoms with van der Waals surface area (Å²) in [5, 5.41) is 9.41. The quantitative estimate of drug-likeness (QED) is 0.762. The highest BCUT2D eigenvalue weighted by molar-refractivity contribution is 8.13. The van der Waals surface area contributed by atoms with E-state index in [9.17, 15) is 17.9 Å². The molecule has 0 aromatic heterocycles. The molecule has 0 fully saturated rings. The van der Waals surface area contributed by atoms with Gasteiger partial charge in [-0.2, -0.15) is 0 Å². The maximum absolute atomic E-state index is 13.1. The molecular formula is C8H8ClFO3S. The standard InChI is InChI=1S/C8H8ClFO3S/c1-4-3-6(10)5(2)8(7(4)11)14(9,12)13/h3,11H,1-2H3. The van der Waals surface area contributed by atoms with E-state index in [1.165, 1.54) is 13.8 Å². The Hall–Kier alpha value is -0.810. The molecule has 1 aromatic rings. The van der Waals surface area contributed by atoms with Crippen LogP contribution in [-0.2, 0) is 9.05 Å². The van der Waals surface area contributed by atoms with Crippen LogP contribution in [0.4, 0.5) is 4.39 Å². The van der Waals surface area contributed by atoms with Gasteiger partial charge in [-0.05, 0) is 25.5 Å². The van der Waals surface area contributed by atoms with Crippen molar-refractivity contribution < 1.29 is 17.9 Å². The van der Waals surface area contributed by atoms with Crippen LogP contribution in [-0.4, -0.2) is 13.5 Å². The van der Waals surface area contributed by atoms with Crippen molar-refractivity contribution in [3.8, 4) is 5.75 Å². The molecule has 0 heterocycles. The van der Waals surface area contributed by atoms with Gasteiger partial charge in [0.05, 0.1) is 0 Å². The van der Waals surface area contributed by atoms with Crippen LogP contribution in [0.1, 0.15) is 11.1 Å². The second-order valence-corrected chi connectivity index (χ2v) is 5.42. The molecule has 0 amide bonds. The normalized spacial score (nSPS) is 11.7. The van der Waals surface area contributed by atoms with Gasteiger partial charge in [0.2, 0.25) is 0 Å². The number of benzene rings is 1. The zero-order valence-corrected chi connectivity index (χ0v) is 9.08. The van der Waals surface area contributed by atoms with E-state index < -0.39 is 25.5 Å². The summed E-state index contributed by atoms with van der Waals surface area (Å²) in [6, 6.07) is 1.05. The summed E-state index contributed by atoms with van der Waals surface area (Å²) < 4.78 is 35.2. The lowest BCUT2D eigenvalue weighted by molar-refractivity contribution is 0.449. The number of hydrogen-bond acceptors (Lipinski definition) is 3. The molecule has 1 N–H and O–H groups in total. The molecule has 0 saturated heterocycles. The van der Waals surface area contributed by atoms with Crippen LogP contribution in [0.15, 0.2) is 11.0 Å². The van der Waals surface area contributed by atoms with E-state index in [-0.39, 0.29) is 11.1 Å². The molecule has 0 radical (unpaired) electrons. The molecule has 1 rings (SSSR count). The number of rotatable bonds is 1. The van der Waals surface area contributed by atoms with Crippen LogP contribution < -0.4 is 0 Å². The van der Waals surface area contributed by atoms with E-state index in [4.69, 9.17) is 10.7 Å². The zero-order valence-electron chi connectivity index (χ0n) is 7.51. The lowest BCUT2D eigenvalue weighted by Gasteiger charge is -2.08. The van der Waals surface area contributed by atoms with Crippen LogP contribution in [0, 0.1) is 19.7 Å². The summed E-state index contributed by atoms with van der Waals surface area (Å²) in [5.74, 6) is -1.21. The van der Waals surface area contributed by atoms with Gasteiger partial charge in [-0.3, -0.25) is 0 Å². The van der Waals surface area contributed by atoms with Crippen molar-refractivity contribution in [1.29, 1.82) is 0 Å². The van der Waals surface area contributed by atoms with Crippen molar-refractivity contribution in [2.24, 2.45) is 0 Å². The Kier molecular flexibility index (Phi) is 2.74. The average Bonchev–Trinajstić information content (AvgIpc) is 1.98. The van der Waals surface area contributed by atoms with Gasteiger partial charge in [0.15, 0.2) is 0 Å². The highest BCUT2D eigenvalue weighted by Crippen LogP contribution is 2.33. The zero-order chi connectivity index (χ0) is 11.1. The number of phenols is 1. The molecule has 0 saturated carbocycles. The van der Waals surface area contributed by atoms with E-state index in [0.717, 1.165) is 6.07 Å². The first kappa shape index (κ1) is 11.3. The fourth-order valence-electron chi connectivity index (χ4n) is 1.13. The number of halogens is 2. The van der Waals surface area contributed by atoms with Gasteiger partial charge in [-0.25, -0.2) is 12.8 Å². The monoisotopic (exact) mass is 238 g/mol. The fraction of sp³-hybridized carbons (Fsp3) is 0.250. The average molecular weight is 239 g/mol. The first-order chi connectivity index (χ1) is 6.25. The second kappa shape index (κ2) is 3.40. The van der Waals surface area contributed by atoms with Gasteiger partial charge in [0, 0.05) is 16.2 Å². The molecule has 0 aliphatic heterocycles. The molecule has 6 heteroatoms. The number of aryl methyl sites for hydroxylation is 1. The van der Waals surface area contributed by atoms with E-state index in [1.54, 1.807) is 0 Å². The van der Waals surface area contributed by atoms with Crippen molar-refractivity contribution in [3.05, 3.63) is 23.0 Å². The molecular weight excluding hydrogens is 231 g/mol. The Labute approximate surface area is 85.6 Å². The highest BCUT2D eigenvalue weighted by Gasteiger charge is 2.22. The van der Waals surface area contributed by atoms with Gasteiger partial charge in [0.25, 0.3) is 9.05 Å². The largest absolute Gasteiger partial charge is 0.506 e. The third-order valence-corrected chi connectivity index (χ3v) is 3.32. The van der Waals surface area contributed by atoms with Crippen LogP contribution in [0.2, 0.25) is 0 Å². The third-order valence-electron chi connectivity index (χ3n) is 1.87. The summed E-state index contributed by atoms with van der Waals surface area (Å²) in [7, 11) is 0.932. The molecule has 1 aromatic carbocycles. The molecule has 0 bridgehead atoms. The number of aromatic hydroxyl groups is 1. The Balaban J connectivity index is 3.74. The minimum absolute atomic E-state index is 0.132. The van der Waals surface area contributed by atoms with Gasteiger partial charge in [-0.1, -0.05) is 0 Å². The summed E-state index contributed by atoms with van der Waals surface area (Å²) in [6.07, 6.45) is 0. The fourth-order valence-corrected chi connectivity index (χ4v) is 2.55. The molecule has 14 heavy (non-hydrogen) atoms. The molecule has 0 unspecified atom stereocenters. The predicted octanol–water partition coefficient (Wildman–Crippen LogP) is 2.08. The van der Waals surface area contributed by atoms with Crippen molar-refractivity contribution in [2.45, 2.75) is 18.7 Å². The Bertz CT molecular complexity index is 456. The van der Waals surface area contributed by atoms with Crippen LogP contribution in [0.25, 0.3) is 0 Å². The van der Waals surface area contributed by atoms with Crippen molar-refractivity contribution in [3.63, 3.8) is 0 Å². The SMILES string of the molecule is Cc1cc(F)c(C)c(S(=O)(=O)Cl)c1O. The van der Waals surface area contributed by atoms with Gasteiger partial charge >= 0.3 is 0 Å². The number of hydrogen-bond donors (Lipinski definition) is 1. The van der Waals surface area contributed by atoms with Crippen LogP contribution >= 0.6 is 10.7 Å². The van der Waals surface area contributed by atoms with Crippen LogP contribution in [0.5, 0.6) is 5.75 Å². The summed E-state index contributed by atoms with van der Waals surface area (Å²) in [6.45, 7) is 2.63. The van der Waals surface area contributed by atoms with E-state index >= 15 is 0 Å². The van der Waals surface area contributed by atoms with Gasteiger partial charge < -0.3 is 5.11 Å². The highest BCUT2D eigenvalue weighted by atomic mass is 35.7. The van der Waals surface area contributed by atoms with Crippen molar-refractivity contribution in [2.75, 3.05) is 0 Å².